The fourth-order valence-electron chi connectivity index (χ4n) is 4.51. The molecule has 0 saturated heterocycles. The van der Waals surface area contributed by atoms with Crippen LogP contribution < -0.4 is 16.0 Å². The van der Waals surface area contributed by atoms with Crippen molar-refractivity contribution in [1.82, 2.24) is 15.6 Å². The first-order valence-electron chi connectivity index (χ1n) is 14.0. The maximum atomic E-state index is 13.4. The van der Waals surface area contributed by atoms with Crippen LogP contribution in [0.25, 0.3) is 10.9 Å². The van der Waals surface area contributed by atoms with E-state index in [0.29, 0.717) is 23.2 Å². The SMILES string of the molecule is Cc1cccc(COC(=O)NCCC[C@H](NC(=O)c2ccc3ccccc3n2)C(=O)Nc2ccccc2CCC(=O)O)c1. The summed E-state index contributed by atoms with van der Waals surface area (Å²) in [4.78, 5) is 54.3. The van der Waals surface area contributed by atoms with Crippen molar-refractivity contribution in [1.29, 1.82) is 0 Å². The molecular formula is C33H34N4O6. The number of carbonyl (C=O) groups is 4. The van der Waals surface area contributed by atoms with Crippen LogP contribution in [-0.4, -0.2) is 46.6 Å². The Morgan fingerprint density at radius 2 is 1.72 bits per heavy atom. The number of nitrogens with zero attached hydrogens (tertiary/aromatic N) is 1. The molecule has 3 aromatic carbocycles. The Bertz CT molecular complexity index is 1610. The lowest BCUT2D eigenvalue weighted by molar-refractivity contribution is -0.137. The molecule has 1 atom stereocenters. The van der Waals surface area contributed by atoms with Crippen molar-refractivity contribution < 1.29 is 29.0 Å². The number of pyridine rings is 1. The first kappa shape index (κ1) is 30.7. The van der Waals surface area contributed by atoms with Gasteiger partial charge in [0.1, 0.15) is 18.3 Å². The van der Waals surface area contributed by atoms with Gasteiger partial charge < -0.3 is 25.8 Å². The minimum atomic E-state index is -0.960. The van der Waals surface area contributed by atoms with Crippen molar-refractivity contribution in [2.24, 2.45) is 0 Å². The van der Waals surface area contributed by atoms with Crippen LogP contribution in [0.15, 0.2) is 84.9 Å². The Labute approximate surface area is 249 Å². The number of carboxylic acid groups (broad SMARTS) is 1. The number of fused-ring (bicyclic) bond motifs is 1. The van der Waals surface area contributed by atoms with E-state index in [1.807, 2.05) is 49.4 Å². The average Bonchev–Trinajstić information content (AvgIpc) is 3.00. The number of amides is 3. The highest BCUT2D eigenvalue weighted by atomic mass is 16.5. The summed E-state index contributed by atoms with van der Waals surface area (Å²) in [7, 11) is 0. The van der Waals surface area contributed by atoms with Crippen LogP contribution in [0, 0.1) is 6.92 Å². The number of nitrogens with one attached hydrogen (secondary N) is 3. The van der Waals surface area contributed by atoms with Crippen LogP contribution in [0.3, 0.4) is 0 Å². The van der Waals surface area contributed by atoms with Crippen molar-refractivity contribution in [2.45, 2.75) is 45.3 Å². The summed E-state index contributed by atoms with van der Waals surface area (Å²) in [6, 6.07) is 24.4. The summed E-state index contributed by atoms with van der Waals surface area (Å²) in [6.45, 7) is 2.31. The Hall–Kier alpha value is -5.25. The molecule has 1 heterocycles. The molecule has 222 valence electrons. The van der Waals surface area contributed by atoms with E-state index >= 15 is 0 Å². The number of aliphatic carboxylic acids is 1. The molecule has 0 saturated carbocycles. The second-order valence-corrected chi connectivity index (χ2v) is 10.1. The van der Waals surface area contributed by atoms with E-state index in [0.717, 1.165) is 16.5 Å². The molecule has 1 aromatic heterocycles. The summed E-state index contributed by atoms with van der Waals surface area (Å²) < 4.78 is 5.28. The van der Waals surface area contributed by atoms with Crippen molar-refractivity contribution in [3.8, 4) is 0 Å². The molecule has 0 unspecified atom stereocenters. The first-order valence-corrected chi connectivity index (χ1v) is 14.0. The number of alkyl carbamates (subject to hydrolysis) is 1. The number of para-hydroxylation sites is 2. The van der Waals surface area contributed by atoms with Crippen LogP contribution in [0.5, 0.6) is 0 Å². The molecule has 0 spiro atoms. The van der Waals surface area contributed by atoms with E-state index < -0.39 is 29.9 Å². The van der Waals surface area contributed by atoms with Gasteiger partial charge in [-0.1, -0.05) is 72.3 Å². The van der Waals surface area contributed by atoms with Crippen LogP contribution in [0.4, 0.5) is 10.5 Å². The highest BCUT2D eigenvalue weighted by molar-refractivity contribution is 6.01. The van der Waals surface area contributed by atoms with Gasteiger partial charge in [0.15, 0.2) is 0 Å². The number of hydrogen-bond donors (Lipinski definition) is 4. The van der Waals surface area contributed by atoms with Crippen LogP contribution in [0.2, 0.25) is 0 Å². The van der Waals surface area contributed by atoms with Gasteiger partial charge in [0, 0.05) is 24.0 Å². The first-order chi connectivity index (χ1) is 20.8. The second kappa shape index (κ2) is 15.1. The van der Waals surface area contributed by atoms with Gasteiger partial charge in [-0.2, -0.15) is 0 Å². The van der Waals surface area contributed by atoms with E-state index in [1.165, 1.54) is 0 Å². The van der Waals surface area contributed by atoms with Gasteiger partial charge >= 0.3 is 12.1 Å². The number of carboxylic acids is 1. The molecule has 3 amide bonds. The van der Waals surface area contributed by atoms with Crippen molar-refractivity contribution in [2.75, 3.05) is 11.9 Å². The van der Waals surface area contributed by atoms with E-state index in [4.69, 9.17) is 9.84 Å². The highest BCUT2D eigenvalue weighted by Crippen LogP contribution is 2.18. The number of ether oxygens (including phenoxy) is 1. The maximum absolute atomic E-state index is 13.4. The summed E-state index contributed by atoms with van der Waals surface area (Å²) >= 11 is 0. The standard InChI is InChI=1S/C33H34N4O6/c1-22-8-6-9-23(20-22)21-43-33(42)34-19-7-14-28(31(40)36-27-13-5-3-11-25(27)16-18-30(38)39)37-32(41)29-17-15-24-10-2-4-12-26(24)35-29/h2-6,8-13,15,17,20,28H,7,14,16,18-19,21H2,1H3,(H,34,42)(H,36,40)(H,37,41)(H,38,39)/t28-/m0/s1. The average molecular weight is 583 g/mol. The van der Waals surface area contributed by atoms with Gasteiger partial charge in [0.2, 0.25) is 5.91 Å². The summed E-state index contributed by atoms with van der Waals surface area (Å²) in [5.74, 6) is -1.94. The molecule has 0 radical (unpaired) electrons. The number of benzene rings is 3. The van der Waals surface area contributed by atoms with E-state index in [2.05, 4.69) is 20.9 Å². The largest absolute Gasteiger partial charge is 0.481 e. The third-order valence-corrected chi connectivity index (χ3v) is 6.73. The quantitative estimate of drug-likeness (QED) is 0.162. The fourth-order valence-corrected chi connectivity index (χ4v) is 4.51. The molecule has 4 aromatic rings. The van der Waals surface area contributed by atoms with E-state index in [9.17, 15) is 19.2 Å². The lowest BCUT2D eigenvalue weighted by atomic mass is 10.1. The molecule has 10 nitrogen and oxygen atoms in total. The predicted molar refractivity (Wildman–Crippen MR) is 163 cm³/mol. The van der Waals surface area contributed by atoms with Crippen molar-refractivity contribution >= 4 is 40.5 Å². The highest BCUT2D eigenvalue weighted by Gasteiger charge is 2.23. The molecular weight excluding hydrogens is 548 g/mol. The molecule has 0 aliphatic carbocycles. The third kappa shape index (κ3) is 9.39. The van der Waals surface area contributed by atoms with Crippen molar-refractivity contribution in [3.63, 3.8) is 0 Å². The van der Waals surface area contributed by atoms with Gasteiger partial charge in [-0.15, -0.1) is 0 Å². The summed E-state index contributed by atoms with van der Waals surface area (Å²) in [6.07, 6.45) is 0.133. The Balaban J connectivity index is 1.40. The Morgan fingerprint density at radius 3 is 2.53 bits per heavy atom. The fraction of sp³-hybridized carbons (Fsp3) is 0.242. The lowest BCUT2D eigenvalue weighted by Gasteiger charge is -2.20. The monoisotopic (exact) mass is 582 g/mol. The Kier molecular flexibility index (Phi) is 10.8. The molecule has 0 fully saturated rings. The van der Waals surface area contributed by atoms with Crippen LogP contribution >= 0.6 is 0 Å². The van der Waals surface area contributed by atoms with Crippen molar-refractivity contribution in [3.05, 3.63) is 107 Å². The van der Waals surface area contributed by atoms with Gasteiger partial charge in [-0.3, -0.25) is 14.4 Å². The van der Waals surface area contributed by atoms with Gasteiger partial charge in [-0.25, -0.2) is 9.78 Å². The predicted octanol–water partition coefficient (Wildman–Crippen LogP) is 5.00. The zero-order valence-corrected chi connectivity index (χ0v) is 23.8. The number of rotatable bonds is 13. The van der Waals surface area contributed by atoms with Crippen LogP contribution in [-0.2, 0) is 27.4 Å². The number of aromatic nitrogens is 1. The van der Waals surface area contributed by atoms with Gasteiger partial charge in [0.25, 0.3) is 5.91 Å². The molecule has 10 heteroatoms. The normalized spacial score (nSPS) is 11.4. The zero-order chi connectivity index (χ0) is 30.6. The zero-order valence-electron chi connectivity index (χ0n) is 23.8. The molecule has 0 bridgehead atoms. The minimum absolute atomic E-state index is 0.0909. The summed E-state index contributed by atoms with van der Waals surface area (Å²) in [5.41, 5.74) is 3.89. The molecule has 0 aliphatic heterocycles. The second-order valence-electron chi connectivity index (χ2n) is 10.1. The number of hydrogen-bond acceptors (Lipinski definition) is 6. The maximum Gasteiger partial charge on any atom is 0.407 e. The number of carbonyl (C=O) groups excluding carboxylic acids is 3. The lowest BCUT2D eigenvalue weighted by Crippen LogP contribution is -2.44. The molecule has 43 heavy (non-hydrogen) atoms. The third-order valence-electron chi connectivity index (χ3n) is 6.73. The van der Waals surface area contributed by atoms with Gasteiger partial charge in [-0.05, 0) is 55.5 Å². The van der Waals surface area contributed by atoms with E-state index in [1.54, 1.807) is 42.5 Å². The number of anilines is 1. The summed E-state index contributed by atoms with van der Waals surface area (Å²) in [5, 5.41) is 18.3. The van der Waals surface area contributed by atoms with Crippen LogP contribution in [0.1, 0.15) is 46.4 Å². The molecule has 4 N–H and O–H groups in total. The molecule has 0 aliphatic rings. The Morgan fingerprint density at radius 1 is 0.930 bits per heavy atom. The minimum Gasteiger partial charge on any atom is -0.481 e. The van der Waals surface area contributed by atoms with Gasteiger partial charge in [0.05, 0.1) is 5.52 Å². The van der Waals surface area contributed by atoms with E-state index in [-0.39, 0.29) is 38.1 Å². The smallest absolute Gasteiger partial charge is 0.407 e. The topological polar surface area (TPSA) is 147 Å². The molecule has 4 rings (SSSR count). The number of aryl methyl sites for hydroxylation is 2.